The van der Waals surface area contributed by atoms with Crippen molar-refractivity contribution >= 4 is 22.9 Å². The molecule has 1 fully saturated rings. The topological polar surface area (TPSA) is 32.3 Å². The molecule has 4 heteroatoms. The number of nitrogens with one attached hydrogen (secondary N) is 1. The monoisotopic (exact) mass is 245 g/mol. The summed E-state index contributed by atoms with van der Waals surface area (Å²) in [6.45, 7) is 2.38. The van der Waals surface area contributed by atoms with Gasteiger partial charge < -0.3 is 10.4 Å². The summed E-state index contributed by atoms with van der Waals surface area (Å²) in [7, 11) is 0. The molecule has 0 bridgehead atoms. The number of halogens is 1. The second-order valence-corrected chi connectivity index (χ2v) is 5.77. The van der Waals surface area contributed by atoms with E-state index in [4.69, 9.17) is 11.6 Å². The molecule has 1 unspecified atom stereocenters. The van der Waals surface area contributed by atoms with Crippen molar-refractivity contribution in [3.8, 4) is 0 Å². The fourth-order valence-electron chi connectivity index (χ4n) is 2.25. The number of hydrogen-bond acceptors (Lipinski definition) is 3. The maximum atomic E-state index is 9.48. The van der Waals surface area contributed by atoms with Crippen molar-refractivity contribution in [3.63, 3.8) is 0 Å². The van der Waals surface area contributed by atoms with Gasteiger partial charge in [-0.05, 0) is 44.0 Å². The highest BCUT2D eigenvalue weighted by molar-refractivity contribution is 7.16. The Morgan fingerprint density at radius 2 is 2.20 bits per heavy atom. The molecule has 0 aromatic carbocycles. The molecule has 0 amide bonds. The second kappa shape index (κ2) is 5.30. The molecule has 1 aliphatic heterocycles. The average molecular weight is 246 g/mol. The van der Waals surface area contributed by atoms with Gasteiger partial charge in [-0.25, -0.2) is 0 Å². The number of hydrogen-bond donors (Lipinski definition) is 2. The van der Waals surface area contributed by atoms with Crippen molar-refractivity contribution in [1.82, 2.24) is 5.32 Å². The fourth-order valence-corrected chi connectivity index (χ4v) is 3.49. The van der Waals surface area contributed by atoms with Gasteiger partial charge in [0.15, 0.2) is 0 Å². The Morgan fingerprint density at radius 3 is 2.73 bits per heavy atom. The molecule has 1 aromatic rings. The van der Waals surface area contributed by atoms with Gasteiger partial charge >= 0.3 is 0 Å². The van der Waals surface area contributed by atoms with Gasteiger partial charge in [-0.3, -0.25) is 0 Å². The molecule has 84 valence electrons. The van der Waals surface area contributed by atoms with Crippen LogP contribution in [-0.2, 0) is 0 Å². The van der Waals surface area contributed by atoms with E-state index in [9.17, 15) is 5.11 Å². The summed E-state index contributed by atoms with van der Waals surface area (Å²) in [5.41, 5.74) is 0. The third-order valence-corrected chi connectivity index (χ3v) is 4.47. The number of rotatable bonds is 3. The summed E-state index contributed by atoms with van der Waals surface area (Å²) in [6, 6.07) is 3.97. The lowest BCUT2D eigenvalue weighted by molar-refractivity contribution is 0.203. The highest BCUT2D eigenvalue weighted by atomic mass is 35.5. The van der Waals surface area contributed by atoms with Gasteiger partial charge in [0.1, 0.15) is 0 Å². The van der Waals surface area contributed by atoms with Gasteiger partial charge in [0.25, 0.3) is 0 Å². The minimum absolute atomic E-state index is 0.238. The number of piperidine rings is 1. The molecule has 1 aromatic heterocycles. The normalized spacial score (nSPS) is 20.4. The molecule has 0 aliphatic carbocycles. The van der Waals surface area contributed by atoms with E-state index in [0.717, 1.165) is 30.3 Å². The van der Waals surface area contributed by atoms with Crippen LogP contribution in [0, 0.1) is 5.92 Å². The minimum Gasteiger partial charge on any atom is -0.396 e. The largest absolute Gasteiger partial charge is 0.396 e. The molecule has 0 saturated carbocycles. The SMILES string of the molecule is OCC(c1ccc(Cl)s1)C1CCNCC1. The van der Waals surface area contributed by atoms with Crippen LogP contribution in [0.2, 0.25) is 4.34 Å². The van der Waals surface area contributed by atoms with Crippen LogP contribution in [0.25, 0.3) is 0 Å². The van der Waals surface area contributed by atoms with Gasteiger partial charge in [-0.1, -0.05) is 11.6 Å². The first-order chi connectivity index (χ1) is 7.31. The van der Waals surface area contributed by atoms with E-state index in [1.807, 2.05) is 6.07 Å². The molecule has 2 heterocycles. The van der Waals surface area contributed by atoms with Crippen molar-refractivity contribution in [3.05, 3.63) is 21.3 Å². The number of aliphatic hydroxyl groups is 1. The lowest BCUT2D eigenvalue weighted by Crippen LogP contribution is -2.31. The Kier molecular flexibility index (Phi) is 4.03. The Balaban J connectivity index is 2.08. The van der Waals surface area contributed by atoms with Crippen molar-refractivity contribution in [2.24, 2.45) is 5.92 Å². The molecule has 1 aliphatic rings. The predicted molar refractivity (Wildman–Crippen MR) is 64.7 cm³/mol. The van der Waals surface area contributed by atoms with Crippen molar-refractivity contribution in [2.75, 3.05) is 19.7 Å². The molecule has 0 radical (unpaired) electrons. The highest BCUT2D eigenvalue weighted by Crippen LogP contribution is 2.36. The van der Waals surface area contributed by atoms with E-state index in [-0.39, 0.29) is 12.5 Å². The van der Waals surface area contributed by atoms with Gasteiger partial charge in [-0.15, -0.1) is 11.3 Å². The van der Waals surface area contributed by atoms with Crippen LogP contribution in [0.4, 0.5) is 0 Å². The van der Waals surface area contributed by atoms with E-state index < -0.39 is 0 Å². The standard InChI is InChI=1S/C11H16ClNOS/c12-11-2-1-10(15-11)9(7-14)8-3-5-13-6-4-8/h1-2,8-9,13-14H,3-7H2. The van der Waals surface area contributed by atoms with Gasteiger partial charge in [-0.2, -0.15) is 0 Å². The minimum atomic E-state index is 0.238. The van der Waals surface area contributed by atoms with Crippen LogP contribution in [0.15, 0.2) is 12.1 Å². The predicted octanol–water partition coefficient (Wildman–Crippen LogP) is 2.48. The summed E-state index contributed by atoms with van der Waals surface area (Å²) in [5.74, 6) is 0.885. The molecule has 1 saturated heterocycles. The zero-order chi connectivity index (χ0) is 10.7. The first-order valence-electron chi connectivity index (χ1n) is 5.38. The van der Waals surface area contributed by atoms with Gasteiger partial charge in [0, 0.05) is 10.8 Å². The third-order valence-electron chi connectivity index (χ3n) is 3.11. The van der Waals surface area contributed by atoms with E-state index in [0.29, 0.717) is 5.92 Å². The van der Waals surface area contributed by atoms with Crippen molar-refractivity contribution < 1.29 is 5.11 Å². The molecule has 0 spiro atoms. The Hall–Kier alpha value is -0.0900. The van der Waals surface area contributed by atoms with Crippen LogP contribution in [0.3, 0.4) is 0 Å². The third kappa shape index (κ3) is 2.72. The molecular formula is C11H16ClNOS. The Bertz CT molecular complexity index is 309. The van der Waals surface area contributed by atoms with Crippen LogP contribution < -0.4 is 5.32 Å². The van der Waals surface area contributed by atoms with Gasteiger partial charge in [0.2, 0.25) is 0 Å². The molecular weight excluding hydrogens is 230 g/mol. The molecule has 1 atom stereocenters. The van der Waals surface area contributed by atoms with E-state index >= 15 is 0 Å². The van der Waals surface area contributed by atoms with Gasteiger partial charge in [0.05, 0.1) is 10.9 Å². The van der Waals surface area contributed by atoms with E-state index in [1.165, 1.54) is 4.88 Å². The summed E-state index contributed by atoms with van der Waals surface area (Å²) in [6.07, 6.45) is 2.31. The molecule has 2 rings (SSSR count). The molecule has 2 N–H and O–H groups in total. The zero-order valence-electron chi connectivity index (χ0n) is 8.58. The summed E-state index contributed by atoms with van der Waals surface area (Å²) < 4.78 is 0.817. The van der Waals surface area contributed by atoms with Crippen molar-refractivity contribution in [2.45, 2.75) is 18.8 Å². The zero-order valence-corrected chi connectivity index (χ0v) is 10.2. The quantitative estimate of drug-likeness (QED) is 0.858. The summed E-state index contributed by atoms with van der Waals surface area (Å²) >= 11 is 7.52. The van der Waals surface area contributed by atoms with Crippen LogP contribution in [-0.4, -0.2) is 24.8 Å². The molecule has 2 nitrogen and oxygen atoms in total. The summed E-state index contributed by atoms with van der Waals surface area (Å²) in [4.78, 5) is 1.23. The van der Waals surface area contributed by atoms with Crippen molar-refractivity contribution in [1.29, 1.82) is 0 Å². The molecule has 15 heavy (non-hydrogen) atoms. The van der Waals surface area contributed by atoms with Crippen LogP contribution >= 0.6 is 22.9 Å². The van der Waals surface area contributed by atoms with Crippen LogP contribution in [0.1, 0.15) is 23.6 Å². The Morgan fingerprint density at radius 1 is 1.47 bits per heavy atom. The second-order valence-electron chi connectivity index (χ2n) is 4.02. The lowest BCUT2D eigenvalue weighted by Gasteiger charge is -2.28. The first-order valence-corrected chi connectivity index (χ1v) is 6.57. The summed E-state index contributed by atoms with van der Waals surface area (Å²) in [5, 5.41) is 12.8. The number of thiophene rings is 1. The lowest BCUT2D eigenvalue weighted by atomic mass is 9.84. The fraction of sp³-hybridized carbons (Fsp3) is 0.636. The van der Waals surface area contributed by atoms with E-state index in [1.54, 1.807) is 11.3 Å². The average Bonchev–Trinajstić information content (AvgIpc) is 2.68. The van der Waals surface area contributed by atoms with Crippen LogP contribution in [0.5, 0.6) is 0 Å². The smallest absolute Gasteiger partial charge is 0.0931 e. The first kappa shape index (κ1) is 11.4. The maximum Gasteiger partial charge on any atom is 0.0931 e. The maximum absolute atomic E-state index is 9.48. The number of aliphatic hydroxyl groups excluding tert-OH is 1. The van der Waals surface area contributed by atoms with E-state index in [2.05, 4.69) is 11.4 Å². The Labute approximate surface area is 99.3 Å². The highest BCUT2D eigenvalue weighted by Gasteiger charge is 2.25.